The Hall–Kier alpha value is 0.0600. The fourth-order valence-corrected chi connectivity index (χ4v) is 3.23. The molecule has 3 unspecified atom stereocenters. The molecule has 1 aliphatic carbocycles. The van der Waals surface area contributed by atoms with Gasteiger partial charge in [0, 0.05) is 15.9 Å². The van der Waals surface area contributed by atoms with Crippen molar-refractivity contribution in [2.75, 3.05) is 0 Å². The molecule has 0 bridgehead atoms. The second-order valence-electron chi connectivity index (χ2n) is 5.00. The first kappa shape index (κ1) is 15.1. The fraction of sp³-hybridized carbons (Fsp3) is 0.857. The van der Waals surface area contributed by atoms with Crippen LogP contribution in [0, 0.1) is 11.8 Å². The summed E-state index contributed by atoms with van der Waals surface area (Å²) < 4.78 is 19.2. The minimum absolute atomic E-state index is 0.0968. The van der Waals surface area contributed by atoms with Gasteiger partial charge >= 0.3 is 0 Å². The van der Waals surface area contributed by atoms with Crippen molar-refractivity contribution >= 4 is 9.47 Å². The molecule has 0 aliphatic heterocycles. The minimum atomic E-state index is -0.671. The molecule has 1 fully saturated rings. The van der Waals surface area contributed by atoms with E-state index in [1.54, 1.807) is 0 Å². The van der Waals surface area contributed by atoms with Crippen LogP contribution in [0.1, 0.15) is 52.4 Å². The molecule has 0 aromatic carbocycles. The van der Waals surface area contributed by atoms with Crippen LogP contribution in [0.15, 0.2) is 12.2 Å². The molecule has 100 valence electrons. The highest BCUT2D eigenvalue weighted by Crippen LogP contribution is 2.41. The molecule has 0 radical (unpaired) electrons. The molecule has 17 heavy (non-hydrogen) atoms. The van der Waals surface area contributed by atoms with E-state index in [9.17, 15) is 4.39 Å². The summed E-state index contributed by atoms with van der Waals surface area (Å²) in [6.45, 7) is 4.27. The third-order valence-electron chi connectivity index (χ3n) is 3.88. The molecule has 1 rings (SSSR count). The molecular weight excluding hydrogens is 234 g/mol. The molecule has 0 amide bonds. The lowest BCUT2D eigenvalue weighted by atomic mass is 9.88. The fourth-order valence-electron chi connectivity index (χ4n) is 2.92. The average molecular weight is 260 g/mol. The lowest BCUT2D eigenvalue weighted by molar-refractivity contribution is 0.157. The van der Waals surface area contributed by atoms with E-state index in [0.29, 0.717) is 12.3 Å². The second-order valence-corrected chi connectivity index (χ2v) is 5.27. The van der Waals surface area contributed by atoms with Crippen LogP contribution in [0.25, 0.3) is 0 Å². The molecule has 0 heterocycles. The maximum absolute atomic E-state index is 13.8. The van der Waals surface area contributed by atoms with Crippen LogP contribution >= 0.6 is 9.47 Å². The van der Waals surface area contributed by atoms with Crippen molar-refractivity contribution in [2.24, 2.45) is 11.8 Å². The normalized spacial score (nSPS) is 33.6. The number of unbranched alkanes of at least 4 members (excludes halogenated alkanes) is 1. The van der Waals surface area contributed by atoms with Crippen LogP contribution in [0.4, 0.5) is 4.39 Å². The molecule has 0 N–H and O–H groups in total. The van der Waals surface area contributed by atoms with Crippen molar-refractivity contribution < 1.29 is 8.91 Å². The van der Waals surface area contributed by atoms with Gasteiger partial charge in [-0.1, -0.05) is 38.8 Å². The Morgan fingerprint density at radius 2 is 1.94 bits per heavy atom. The highest BCUT2D eigenvalue weighted by Gasteiger charge is 2.42. The smallest absolute Gasteiger partial charge is 0.106 e. The maximum Gasteiger partial charge on any atom is 0.106 e. The van der Waals surface area contributed by atoms with Gasteiger partial charge in [0.25, 0.3) is 0 Å². The zero-order valence-corrected chi connectivity index (χ0v) is 12.2. The SMILES string of the molecule is CCC/C=C\CC[C@H]1C(OP)CC(F)[C@@H]1CC. The van der Waals surface area contributed by atoms with Crippen LogP contribution in [0.3, 0.4) is 0 Å². The summed E-state index contributed by atoms with van der Waals surface area (Å²) >= 11 is 0. The summed E-state index contributed by atoms with van der Waals surface area (Å²) in [4.78, 5) is 0. The van der Waals surface area contributed by atoms with Crippen LogP contribution in [0.2, 0.25) is 0 Å². The van der Waals surface area contributed by atoms with Crippen molar-refractivity contribution in [1.29, 1.82) is 0 Å². The Morgan fingerprint density at radius 1 is 1.24 bits per heavy atom. The Labute approximate surface area is 107 Å². The molecule has 1 aliphatic rings. The van der Waals surface area contributed by atoms with E-state index in [1.807, 2.05) is 0 Å². The first-order chi connectivity index (χ1) is 8.24. The van der Waals surface area contributed by atoms with Gasteiger partial charge in [-0.3, -0.25) is 0 Å². The van der Waals surface area contributed by atoms with E-state index >= 15 is 0 Å². The monoisotopic (exact) mass is 260 g/mol. The van der Waals surface area contributed by atoms with E-state index in [2.05, 4.69) is 35.5 Å². The largest absolute Gasteiger partial charge is 0.362 e. The Bertz CT molecular complexity index is 232. The van der Waals surface area contributed by atoms with E-state index in [1.165, 1.54) is 6.42 Å². The van der Waals surface area contributed by atoms with Gasteiger partial charge < -0.3 is 4.52 Å². The number of halogens is 1. The highest BCUT2D eigenvalue weighted by molar-refractivity contribution is 7.09. The molecule has 0 spiro atoms. The standard InChI is InChI=1S/C14H26FOP/c1-3-5-6-7-8-9-12-11(4-2)13(15)10-14(12)16-17/h6-7,11-14H,3-5,8-10,17H2,1-2H3/b7-6-/t11-,12-,13?,14?/m1/s1. The van der Waals surface area contributed by atoms with Gasteiger partial charge in [-0.2, -0.15) is 0 Å². The molecule has 5 atom stereocenters. The number of allylic oxidation sites excluding steroid dienone is 2. The van der Waals surface area contributed by atoms with Gasteiger partial charge in [0.15, 0.2) is 0 Å². The summed E-state index contributed by atoms with van der Waals surface area (Å²) in [6.07, 6.45) is 9.85. The third kappa shape index (κ3) is 4.34. The number of hydrogen-bond donors (Lipinski definition) is 0. The van der Waals surface area contributed by atoms with Gasteiger partial charge in [-0.15, -0.1) is 0 Å². The van der Waals surface area contributed by atoms with Crippen LogP contribution < -0.4 is 0 Å². The second kappa shape index (κ2) is 8.21. The molecular formula is C14H26FOP. The number of hydrogen-bond acceptors (Lipinski definition) is 1. The average Bonchev–Trinajstić information content (AvgIpc) is 2.64. The van der Waals surface area contributed by atoms with Crippen LogP contribution in [0.5, 0.6) is 0 Å². The predicted molar refractivity (Wildman–Crippen MR) is 74.6 cm³/mol. The molecule has 0 aromatic rings. The summed E-state index contributed by atoms with van der Waals surface area (Å²) in [7, 11) is 2.31. The lowest BCUT2D eigenvalue weighted by Gasteiger charge is -2.22. The van der Waals surface area contributed by atoms with Crippen molar-refractivity contribution in [3.05, 3.63) is 12.2 Å². The van der Waals surface area contributed by atoms with Crippen molar-refractivity contribution in [1.82, 2.24) is 0 Å². The maximum atomic E-state index is 13.8. The molecule has 0 aromatic heterocycles. The molecule has 1 saturated carbocycles. The lowest BCUT2D eigenvalue weighted by Crippen LogP contribution is -2.20. The minimum Gasteiger partial charge on any atom is -0.362 e. The molecule has 0 saturated heterocycles. The van der Waals surface area contributed by atoms with E-state index in [0.717, 1.165) is 25.7 Å². The van der Waals surface area contributed by atoms with E-state index in [4.69, 9.17) is 4.52 Å². The summed E-state index contributed by atoms with van der Waals surface area (Å²) in [5.74, 6) is 0.582. The number of rotatable bonds is 7. The van der Waals surface area contributed by atoms with Gasteiger partial charge in [0.1, 0.15) is 6.17 Å². The quantitative estimate of drug-likeness (QED) is 0.477. The van der Waals surface area contributed by atoms with Gasteiger partial charge in [0.05, 0.1) is 6.10 Å². The number of alkyl halides is 1. The summed E-state index contributed by atoms with van der Waals surface area (Å²) in [5, 5.41) is 0. The Balaban J connectivity index is 2.42. The topological polar surface area (TPSA) is 9.23 Å². The molecule has 1 nitrogen and oxygen atoms in total. The zero-order chi connectivity index (χ0) is 12.7. The summed E-state index contributed by atoms with van der Waals surface area (Å²) in [5.41, 5.74) is 0. The summed E-state index contributed by atoms with van der Waals surface area (Å²) in [6, 6.07) is 0. The van der Waals surface area contributed by atoms with Crippen molar-refractivity contribution in [3.63, 3.8) is 0 Å². The van der Waals surface area contributed by atoms with Gasteiger partial charge in [0.2, 0.25) is 0 Å². The Kier molecular flexibility index (Phi) is 7.30. The van der Waals surface area contributed by atoms with Crippen LogP contribution in [-0.2, 0) is 4.52 Å². The highest BCUT2D eigenvalue weighted by atomic mass is 31.0. The first-order valence-electron chi connectivity index (χ1n) is 6.89. The zero-order valence-electron chi connectivity index (χ0n) is 11.1. The van der Waals surface area contributed by atoms with Crippen molar-refractivity contribution in [3.8, 4) is 0 Å². The molecule has 3 heteroatoms. The van der Waals surface area contributed by atoms with Gasteiger partial charge in [-0.25, -0.2) is 4.39 Å². The van der Waals surface area contributed by atoms with Gasteiger partial charge in [-0.05, 0) is 31.1 Å². The predicted octanol–water partition coefficient (Wildman–Crippen LogP) is 4.68. The first-order valence-corrected chi connectivity index (χ1v) is 7.36. The van der Waals surface area contributed by atoms with E-state index in [-0.39, 0.29) is 12.0 Å². The van der Waals surface area contributed by atoms with E-state index < -0.39 is 6.17 Å². The third-order valence-corrected chi connectivity index (χ3v) is 4.23. The van der Waals surface area contributed by atoms with Crippen molar-refractivity contribution in [2.45, 2.75) is 64.6 Å². The van der Waals surface area contributed by atoms with Crippen LogP contribution in [-0.4, -0.2) is 12.3 Å². The Morgan fingerprint density at radius 3 is 2.53 bits per heavy atom.